The summed E-state index contributed by atoms with van der Waals surface area (Å²) in [6.07, 6.45) is 2.93. The first kappa shape index (κ1) is 13.1. The molecule has 0 atom stereocenters. The highest BCUT2D eigenvalue weighted by Crippen LogP contribution is 2.41. The van der Waals surface area contributed by atoms with E-state index < -0.39 is 0 Å². The Labute approximate surface area is 107 Å². The van der Waals surface area contributed by atoms with Crippen LogP contribution in [0.3, 0.4) is 0 Å². The molecule has 1 N–H and O–H groups in total. The van der Waals surface area contributed by atoms with E-state index in [4.69, 9.17) is 9.84 Å². The Morgan fingerprint density at radius 3 is 2.83 bits per heavy atom. The van der Waals surface area contributed by atoms with E-state index in [1.807, 2.05) is 6.92 Å². The van der Waals surface area contributed by atoms with E-state index >= 15 is 0 Å². The minimum atomic E-state index is -0.263. The SMILES string of the molecule is CCOC(=O)Cn1nc(C2CC2)c(CCO)c1C. The van der Waals surface area contributed by atoms with Gasteiger partial charge < -0.3 is 9.84 Å². The first-order chi connectivity index (χ1) is 8.67. The van der Waals surface area contributed by atoms with Crippen molar-refractivity contribution in [2.24, 2.45) is 0 Å². The molecule has 1 aromatic heterocycles. The summed E-state index contributed by atoms with van der Waals surface area (Å²) in [6.45, 7) is 4.40. The fourth-order valence-electron chi connectivity index (χ4n) is 2.19. The summed E-state index contributed by atoms with van der Waals surface area (Å²) in [4.78, 5) is 11.5. The highest BCUT2D eigenvalue weighted by atomic mass is 16.5. The molecule has 0 bridgehead atoms. The number of hydrogen-bond donors (Lipinski definition) is 1. The predicted molar refractivity (Wildman–Crippen MR) is 66.4 cm³/mol. The highest BCUT2D eigenvalue weighted by Gasteiger charge is 2.30. The van der Waals surface area contributed by atoms with E-state index in [0.29, 0.717) is 18.9 Å². The molecule has 0 spiro atoms. The Kier molecular flexibility index (Phi) is 4.01. The van der Waals surface area contributed by atoms with Crippen molar-refractivity contribution in [3.63, 3.8) is 0 Å². The predicted octanol–water partition coefficient (Wildman–Crippen LogP) is 1.17. The van der Waals surface area contributed by atoms with Gasteiger partial charge in [-0.15, -0.1) is 0 Å². The molecule has 0 saturated heterocycles. The molecule has 0 radical (unpaired) electrons. The van der Waals surface area contributed by atoms with Gasteiger partial charge in [-0.25, -0.2) is 0 Å². The molecule has 1 aromatic rings. The van der Waals surface area contributed by atoms with E-state index in [-0.39, 0.29) is 19.1 Å². The van der Waals surface area contributed by atoms with Gasteiger partial charge in [-0.1, -0.05) is 0 Å². The normalized spacial score (nSPS) is 14.8. The van der Waals surface area contributed by atoms with Crippen molar-refractivity contribution in [1.29, 1.82) is 0 Å². The molecular formula is C13H20N2O3. The third-order valence-corrected chi connectivity index (χ3v) is 3.27. The van der Waals surface area contributed by atoms with Crippen LogP contribution in [0.2, 0.25) is 0 Å². The summed E-state index contributed by atoms with van der Waals surface area (Å²) in [6, 6.07) is 0. The Hall–Kier alpha value is -1.36. The lowest BCUT2D eigenvalue weighted by Crippen LogP contribution is -2.15. The number of carbonyl (C=O) groups excluding carboxylic acids is 1. The van der Waals surface area contributed by atoms with Gasteiger partial charge in [0, 0.05) is 18.2 Å². The summed E-state index contributed by atoms with van der Waals surface area (Å²) in [7, 11) is 0. The molecule has 1 heterocycles. The average Bonchev–Trinajstić information content (AvgIpc) is 3.12. The van der Waals surface area contributed by atoms with Gasteiger partial charge in [-0.05, 0) is 38.7 Å². The fourth-order valence-corrected chi connectivity index (χ4v) is 2.19. The van der Waals surface area contributed by atoms with Crippen molar-refractivity contribution >= 4 is 5.97 Å². The van der Waals surface area contributed by atoms with E-state index in [1.165, 1.54) is 0 Å². The first-order valence-corrected chi connectivity index (χ1v) is 6.50. The van der Waals surface area contributed by atoms with Crippen LogP contribution in [0.25, 0.3) is 0 Å². The number of rotatable bonds is 6. The maximum Gasteiger partial charge on any atom is 0.327 e. The molecule has 100 valence electrons. The zero-order valence-electron chi connectivity index (χ0n) is 11.0. The lowest BCUT2D eigenvalue weighted by molar-refractivity contribution is -0.144. The third-order valence-electron chi connectivity index (χ3n) is 3.27. The third kappa shape index (κ3) is 2.72. The molecule has 2 rings (SSSR count). The van der Waals surface area contributed by atoms with Gasteiger partial charge in [0.1, 0.15) is 6.54 Å². The van der Waals surface area contributed by atoms with Crippen molar-refractivity contribution in [2.45, 2.75) is 45.6 Å². The van der Waals surface area contributed by atoms with Crippen LogP contribution in [0.15, 0.2) is 0 Å². The number of esters is 1. The lowest BCUT2D eigenvalue weighted by Gasteiger charge is -2.04. The summed E-state index contributed by atoms with van der Waals surface area (Å²) in [5.74, 6) is 0.259. The van der Waals surface area contributed by atoms with Gasteiger partial charge in [-0.2, -0.15) is 5.10 Å². The number of ether oxygens (including phenoxy) is 1. The summed E-state index contributed by atoms with van der Waals surface area (Å²) < 4.78 is 6.64. The largest absolute Gasteiger partial charge is 0.465 e. The number of carbonyl (C=O) groups is 1. The highest BCUT2D eigenvalue weighted by molar-refractivity contribution is 5.69. The molecule has 5 nitrogen and oxygen atoms in total. The fraction of sp³-hybridized carbons (Fsp3) is 0.692. The molecule has 1 saturated carbocycles. The average molecular weight is 252 g/mol. The molecule has 1 aliphatic carbocycles. The maximum absolute atomic E-state index is 11.5. The van der Waals surface area contributed by atoms with Crippen LogP contribution in [0.1, 0.15) is 42.6 Å². The molecule has 0 aliphatic heterocycles. The Morgan fingerprint density at radius 2 is 2.28 bits per heavy atom. The number of aromatic nitrogens is 2. The lowest BCUT2D eigenvalue weighted by atomic mass is 10.1. The number of hydrogen-bond acceptors (Lipinski definition) is 4. The summed E-state index contributed by atoms with van der Waals surface area (Å²) >= 11 is 0. The smallest absolute Gasteiger partial charge is 0.327 e. The number of aliphatic hydroxyl groups excluding tert-OH is 1. The quantitative estimate of drug-likeness (QED) is 0.772. The van der Waals surface area contributed by atoms with Gasteiger partial charge in [0.2, 0.25) is 0 Å². The summed E-state index contributed by atoms with van der Waals surface area (Å²) in [5, 5.41) is 13.6. The molecule has 0 aromatic carbocycles. The van der Waals surface area contributed by atoms with Crippen LogP contribution in [0, 0.1) is 6.92 Å². The summed E-state index contributed by atoms with van der Waals surface area (Å²) in [5.41, 5.74) is 3.13. The monoisotopic (exact) mass is 252 g/mol. The molecular weight excluding hydrogens is 232 g/mol. The molecule has 1 aliphatic rings. The Bertz CT molecular complexity index is 436. The van der Waals surface area contributed by atoms with Crippen LogP contribution < -0.4 is 0 Å². The Morgan fingerprint density at radius 1 is 1.56 bits per heavy atom. The van der Waals surface area contributed by atoms with E-state index in [0.717, 1.165) is 29.8 Å². The second-order valence-corrected chi connectivity index (χ2v) is 4.66. The van der Waals surface area contributed by atoms with Crippen LogP contribution in [0.4, 0.5) is 0 Å². The topological polar surface area (TPSA) is 64.4 Å². The molecule has 18 heavy (non-hydrogen) atoms. The standard InChI is InChI=1S/C13H20N2O3/c1-3-18-12(17)8-15-9(2)11(6-7-16)13(14-15)10-4-5-10/h10,16H,3-8H2,1-2H3. The molecule has 0 unspecified atom stereocenters. The zero-order valence-corrected chi connectivity index (χ0v) is 11.0. The number of aliphatic hydroxyl groups is 1. The minimum Gasteiger partial charge on any atom is -0.465 e. The molecule has 5 heteroatoms. The second-order valence-electron chi connectivity index (χ2n) is 4.66. The van der Waals surface area contributed by atoms with Gasteiger partial charge >= 0.3 is 5.97 Å². The van der Waals surface area contributed by atoms with Crippen molar-refractivity contribution in [1.82, 2.24) is 9.78 Å². The molecule has 0 amide bonds. The van der Waals surface area contributed by atoms with Crippen LogP contribution >= 0.6 is 0 Å². The van der Waals surface area contributed by atoms with Gasteiger partial charge in [0.25, 0.3) is 0 Å². The number of nitrogens with zero attached hydrogens (tertiary/aromatic N) is 2. The zero-order chi connectivity index (χ0) is 13.1. The Balaban J connectivity index is 2.19. The van der Waals surface area contributed by atoms with Crippen LogP contribution in [0.5, 0.6) is 0 Å². The second kappa shape index (κ2) is 5.52. The van der Waals surface area contributed by atoms with Crippen LogP contribution in [-0.2, 0) is 22.5 Å². The molecule has 1 fully saturated rings. The van der Waals surface area contributed by atoms with E-state index in [9.17, 15) is 4.79 Å². The van der Waals surface area contributed by atoms with Gasteiger partial charge in [0.15, 0.2) is 0 Å². The van der Waals surface area contributed by atoms with Crippen molar-refractivity contribution < 1.29 is 14.6 Å². The van der Waals surface area contributed by atoms with E-state index in [2.05, 4.69) is 5.10 Å². The first-order valence-electron chi connectivity index (χ1n) is 6.50. The minimum absolute atomic E-state index is 0.117. The van der Waals surface area contributed by atoms with E-state index in [1.54, 1.807) is 11.6 Å². The maximum atomic E-state index is 11.5. The van der Waals surface area contributed by atoms with Crippen LogP contribution in [-0.4, -0.2) is 34.1 Å². The van der Waals surface area contributed by atoms with Gasteiger partial charge in [-0.3, -0.25) is 9.48 Å². The van der Waals surface area contributed by atoms with Crippen molar-refractivity contribution in [2.75, 3.05) is 13.2 Å². The van der Waals surface area contributed by atoms with Crippen molar-refractivity contribution in [3.8, 4) is 0 Å². The van der Waals surface area contributed by atoms with Gasteiger partial charge in [0.05, 0.1) is 12.3 Å². The van der Waals surface area contributed by atoms with Crippen molar-refractivity contribution in [3.05, 3.63) is 17.0 Å².